The van der Waals surface area contributed by atoms with E-state index >= 15 is 0 Å². The summed E-state index contributed by atoms with van der Waals surface area (Å²) in [7, 11) is 0. The molecule has 0 saturated carbocycles. The van der Waals surface area contributed by atoms with Crippen LogP contribution in [0.5, 0.6) is 0 Å². The number of aromatic nitrogens is 2. The Hall–Kier alpha value is -1.04. The minimum absolute atomic E-state index is 0.136. The summed E-state index contributed by atoms with van der Waals surface area (Å²) < 4.78 is 5.07. The summed E-state index contributed by atoms with van der Waals surface area (Å²) in [4.78, 5) is 5.36. The van der Waals surface area contributed by atoms with Crippen LogP contribution < -0.4 is 0 Å². The third-order valence-electron chi connectivity index (χ3n) is 2.24. The van der Waals surface area contributed by atoms with Gasteiger partial charge in [0.2, 0.25) is 5.89 Å². The van der Waals surface area contributed by atoms with Crippen molar-refractivity contribution in [3.8, 4) is 0 Å². The monoisotopic (exact) mass is 284 g/mol. The molecule has 0 aliphatic heterocycles. The quantitative estimate of drug-likeness (QED) is 0.827. The lowest BCUT2D eigenvalue weighted by molar-refractivity contribution is 0.278. The lowest BCUT2D eigenvalue weighted by Gasteiger charge is -1.97. The smallest absolute Gasteiger partial charge is 0.226 e. The fraction of sp³-hybridized carbons (Fsp3) is 0.333. The first kappa shape index (κ1) is 13.4. The van der Waals surface area contributed by atoms with Gasteiger partial charge in [-0.25, -0.2) is 0 Å². The van der Waals surface area contributed by atoms with E-state index in [1.165, 1.54) is 0 Å². The minimum atomic E-state index is 0.136. The maximum absolute atomic E-state index is 8.70. The van der Waals surface area contributed by atoms with Gasteiger partial charge in [0.15, 0.2) is 5.82 Å². The Balaban J connectivity index is 1.86. The minimum Gasteiger partial charge on any atom is -0.396 e. The average Bonchev–Trinajstić information content (AvgIpc) is 2.84. The summed E-state index contributed by atoms with van der Waals surface area (Å²) in [5, 5.41) is 13.3. The number of aryl methyl sites for hydroxylation is 1. The third kappa shape index (κ3) is 4.01. The molecule has 18 heavy (non-hydrogen) atoms. The van der Waals surface area contributed by atoms with Crippen molar-refractivity contribution in [3.05, 3.63) is 41.0 Å². The van der Waals surface area contributed by atoms with Gasteiger partial charge in [0, 0.05) is 22.9 Å². The molecule has 2 aromatic rings. The normalized spacial score (nSPS) is 10.8. The molecule has 0 bridgehead atoms. The number of aliphatic hydroxyl groups excluding tert-OH is 1. The lowest BCUT2D eigenvalue weighted by atomic mass is 10.3. The number of nitrogens with zero attached hydrogens (tertiary/aromatic N) is 2. The van der Waals surface area contributed by atoms with Crippen molar-refractivity contribution < 1.29 is 9.63 Å². The summed E-state index contributed by atoms with van der Waals surface area (Å²) in [5.41, 5.74) is 0. The van der Waals surface area contributed by atoms with Gasteiger partial charge in [-0.3, -0.25) is 0 Å². The van der Waals surface area contributed by atoms with Gasteiger partial charge in [-0.1, -0.05) is 16.8 Å². The van der Waals surface area contributed by atoms with Crippen LogP contribution in [0.3, 0.4) is 0 Å². The van der Waals surface area contributed by atoms with Crippen molar-refractivity contribution in [2.24, 2.45) is 0 Å². The molecule has 0 aliphatic rings. The molecule has 96 valence electrons. The number of benzene rings is 1. The SMILES string of the molecule is OCCCc1nc(CSc2ccc(Cl)cc2)no1. The number of halogens is 1. The van der Waals surface area contributed by atoms with Crippen LogP contribution in [0.2, 0.25) is 5.02 Å². The molecule has 0 radical (unpaired) electrons. The highest BCUT2D eigenvalue weighted by atomic mass is 35.5. The van der Waals surface area contributed by atoms with Gasteiger partial charge in [-0.2, -0.15) is 4.98 Å². The van der Waals surface area contributed by atoms with Gasteiger partial charge >= 0.3 is 0 Å². The molecule has 0 aliphatic carbocycles. The summed E-state index contributed by atoms with van der Waals surface area (Å²) in [6.07, 6.45) is 1.26. The van der Waals surface area contributed by atoms with E-state index in [2.05, 4.69) is 10.1 Å². The highest BCUT2D eigenvalue weighted by molar-refractivity contribution is 7.98. The number of thioether (sulfide) groups is 1. The molecule has 0 spiro atoms. The Kier molecular flexibility index (Phi) is 5.04. The Morgan fingerprint density at radius 2 is 2.06 bits per heavy atom. The molecule has 0 unspecified atom stereocenters. The molecule has 0 fully saturated rings. The van der Waals surface area contributed by atoms with Crippen molar-refractivity contribution in [2.75, 3.05) is 6.61 Å². The third-order valence-corrected chi connectivity index (χ3v) is 3.50. The highest BCUT2D eigenvalue weighted by Gasteiger charge is 2.06. The second-order valence-electron chi connectivity index (χ2n) is 3.67. The molecule has 0 atom stereocenters. The van der Waals surface area contributed by atoms with Crippen LogP contribution >= 0.6 is 23.4 Å². The summed E-state index contributed by atoms with van der Waals surface area (Å²) >= 11 is 7.44. The predicted octanol–water partition coefficient (Wildman–Crippen LogP) is 2.94. The lowest BCUT2D eigenvalue weighted by Crippen LogP contribution is -1.90. The van der Waals surface area contributed by atoms with Gasteiger partial charge in [-0.05, 0) is 30.7 Å². The van der Waals surface area contributed by atoms with E-state index < -0.39 is 0 Å². The summed E-state index contributed by atoms with van der Waals surface area (Å²) in [5.74, 6) is 1.91. The first-order chi connectivity index (χ1) is 8.78. The highest BCUT2D eigenvalue weighted by Crippen LogP contribution is 2.23. The summed E-state index contributed by atoms with van der Waals surface area (Å²) in [6, 6.07) is 7.62. The molecule has 1 aromatic heterocycles. The maximum atomic E-state index is 8.70. The van der Waals surface area contributed by atoms with Gasteiger partial charge < -0.3 is 9.63 Å². The van der Waals surface area contributed by atoms with Crippen molar-refractivity contribution in [1.29, 1.82) is 0 Å². The van der Waals surface area contributed by atoms with Crippen molar-refractivity contribution in [1.82, 2.24) is 10.1 Å². The van der Waals surface area contributed by atoms with Gasteiger partial charge in [-0.15, -0.1) is 11.8 Å². The molecule has 1 aromatic carbocycles. The zero-order chi connectivity index (χ0) is 12.8. The number of hydrogen-bond acceptors (Lipinski definition) is 5. The van der Waals surface area contributed by atoms with Crippen molar-refractivity contribution in [3.63, 3.8) is 0 Å². The van der Waals surface area contributed by atoms with E-state index in [0.717, 1.165) is 9.92 Å². The van der Waals surface area contributed by atoms with Crippen LogP contribution in [0.4, 0.5) is 0 Å². The second-order valence-corrected chi connectivity index (χ2v) is 5.16. The van der Waals surface area contributed by atoms with E-state index in [0.29, 0.717) is 30.3 Å². The zero-order valence-corrected chi connectivity index (χ0v) is 11.2. The molecule has 4 nitrogen and oxygen atoms in total. The van der Waals surface area contributed by atoms with Crippen LogP contribution in [-0.2, 0) is 12.2 Å². The van der Waals surface area contributed by atoms with Crippen molar-refractivity contribution in [2.45, 2.75) is 23.5 Å². The van der Waals surface area contributed by atoms with Crippen molar-refractivity contribution >= 4 is 23.4 Å². The Bertz CT molecular complexity index is 487. The second kappa shape index (κ2) is 6.78. The number of hydrogen-bond donors (Lipinski definition) is 1. The van der Waals surface area contributed by atoms with E-state index in [4.69, 9.17) is 21.2 Å². The maximum Gasteiger partial charge on any atom is 0.226 e. The molecule has 0 amide bonds. The summed E-state index contributed by atoms with van der Waals surface area (Å²) in [6.45, 7) is 0.136. The zero-order valence-electron chi connectivity index (χ0n) is 9.67. The Morgan fingerprint density at radius 1 is 1.28 bits per heavy atom. The molecular formula is C12H13ClN2O2S. The Morgan fingerprint density at radius 3 is 2.78 bits per heavy atom. The molecule has 1 heterocycles. The topological polar surface area (TPSA) is 59.2 Å². The molecule has 6 heteroatoms. The van der Waals surface area contributed by atoms with E-state index in [1.807, 2.05) is 24.3 Å². The molecule has 1 N–H and O–H groups in total. The van der Waals surface area contributed by atoms with Gasteiger partial charge in [0.05, 0.1) is 5.75 Å². The van der Waals surface area contributed by atoms with Crippen LogP contribution in [-0.4, -0.2) is 21.9 Å². The predicted molar refractivity (Wildman–Crippen MR) is 70.7 cm³/mol. The fourth-order valence-corrected chi connectivity index (χ4v) is 2.23. The number of rotatable bonds is 6. The van der Waals surface area contributed by atoms with E-state index in [-0.39, 0.29) is 6.61 Å². The Labute approximate surface area is 114 Å². The van der Waals surface area contributed by atoms with Crippen LogP contribution in [0.15, 0.2) is 33.7 Å². The standard InChI is InChI=1S/C12H13ClN2O2S/c13-9-3-5-10(6-4-9)18-8-11-14-12(17-15-11)2-1-7-16/h3-6,16H,1-2,7-8H2. The number of aliphatic hydroxyl groups is 1. The molecule has 0 saturated heterocycles. The van der Waals surface area contributed by atoms with Crippen LogP contribution in [0.25, 0.3) is 0 Å². The van der Waals surface area contributed by atoms with Gasteiger partial charge in [0.1, 0.15) is 0 Å². The fourth-order valence-electron chi connectivity index (χ4n) is 1.36. The van der Waals surface area contributed by atoms with E-state index in [9.17, 15) is 0 Å². The van der Waals surface area contributed by atoms with Crippen LogP contribution in [0, 0.1) is 0 Å². The van der Waals surface area contributed by atoms with E-state index in [1.54, 1.807) is 11.8 Å². The average molecular weight is 285 g/mol. The van der Waals surface area contributed by atoms with Crippen LogP contribution in [0.1, 0.15) is 18.1 Å². The molecular weight excluding hydrogens is 272 g/mol. The first-order valence-corrected chi connectivity index (χ1v) is 6.95. The first-order valence-electron chi connectivity index (χ1n) is 5.58. The van der Waals surface area contributed by atoms with Gasteiger partial charge in [0.25, 0.3) is 0 Å². The molecule has 2 rings (SSSR count). The largest absolute Gasteiger partial charge is 0.396 e.